The Labute approximate surface area is 213 Å². The van der Waals surface area contributed by atoms with Crippen molar-refractivity contribution >= 4 is 23.1 Å². The Hall–Kier alpha value is -3.94. The molecule has 0 aromatic heterocycles. The molecule has 3 aromatic carbocycles. The van der Waals surface area contributed by atoms with Crippen LogP contribution < -0.4 is 15.5 Å². The third-order valence-electron chi connectivity index (χ3n) is 5.19. The first-order chi connectivity index (χ1) is 17.5. The number of para-hydroxylation sites is 1. The first-order valence-electron chi connectivity index (χ1n) is 12.1. The molecule has 0 unspecified atom stereocenters. The second kappa shape index (κ2) is 15.1. The number of nitro groups is 1. The molecule has 0 aliphatic carbocycles. The summed E-state index contributed by atoms with van der Waals surface area (Å²) < 4.78 is 5.82. The van der Waals surface area contributed by atoms with Gasteiger partial charge in [0.2, 0.25) is 0 Å². The number of rotatable bonds is 7. The molecule has 1 heterocycles. The van der Waals surface area contributed by atoms with Crippen LogP contribution in [0.1, 0.15) is 38.8 Å². The van der Waals surface area contributed by atoms with Gasteiger partial charge < -0.3 is 14.5 Å². The number of nitrogens with two attached hydrogens (primary N) is 1. The predicted molar refractivity (Wildman–Crippen MR) is 147 cm³/mol. The summed E-state index contributed by atoms with van der Waals surface area (Å²) in [4.78, 5) is 16.8. The Morgan fingerprint density at radius 2 is 1.67 bits per heavy atom. The summed E-state index contributed by atoms with van der Waals surface area (Å²) in [6.07, 6.45) is 6.97. The fourth-order valence-corrected chi connectivity index (χ4v) is 3.52. The molecule has 0 radical (unpaired) electrons. The standard InChI is InChI=1S/C25H22N2O3.C2H7NO.C2H6/c1-19-6-5-7-21-18-20(16-17-30-24-8-3-2-4-9-24)10-15-25(21)26(19)22-11-13-23(14-12-22)27(28)29;1-2-4-3;1-2/h2-15,18H,16-17H2,1H3;2-3H2,1H3;1-2H3. The lowest BCUT2D eigenvalue weighted by atomic mass is 10.0. The van der Waals surface area contributed by atoms with Crippen molar-refractivity contribution < 1.29 is 14.5 Å². The Morgan fingerprint density at radius 3 is 2.28 bits per heavy atom. The SMILES string of the molecule is CC.CC1=CC=Cc2cc(CCOc3ccccc3)ccc2N1c1ccc([N+](=O)[O-])cc1.CCON. The number of nitro benzene ring substituents is 1. The minimum atomic E-state index is -0.381. The van der Waals surface area contributed by atoms with Crippen LogP contribution in [0.25, 0.3) is 6.08 Å². The Morgan fingerprint density at radius 1 is 1.00 bits per heavy atom. The highest BCUT2D eigenvalue weighted by molar-refractivity contribution is 5.80. The Balaban J connectivity index is 0.000000694. The maximum absolute atomic E-state index is 11.0. The normalized spacial score (nSPS) is 11.6. The van der Waals surface area contributed by atoms with Crippen LogP contribution in [0, 0.1) is 10.1 Å². The highest BCUT2D eigenvalue weighted by Crippen LogP contribution is 2.36. The van der Waals surface area contributed by atoms with Crippen molar-refractivity contribution in [3.8, 4) is 5.75 Å². The Bertz CT molecular complexity index is 1140. The van der Waals surface area contributed by atoms with Gasteiger partial charge in [0.25, 0.3) is 5.69 Å². The van der Waals surface area contributed by atoms with E-state index in [1.165, 1.54) is 17.7 Å². The second-order valence-electron chi connectivity index (χ2n) is 7.54. The minimum absolute atomic E-state index is 0.0855. The quantitative estimate of drug-likeness (QED) is 0.279. The number of ether oxygens (including phenoxy) is 1. The lowest BCUT2D eigenvalue weighted by Gasteiger charge is -2.26. The number of hydrogen-bond donors (Lipinski definition) is 1. The van der Waals surface area contributed by atoms with Crippen LogP contribution in [0.15, 0.2) is 90.6 Å². The van der Waals surface area contributed by atoms with Crippen LogP contribution in [0.5, 0.6) is 5.75 Å². The number of fused-ring (bicyclic) bond motifs is 1. The first-order valence-corrected chi connectivity index (χ1v) is 12.1. The van der Waals surface area contributed by atoms with E-state index in [9.17, 15) is 10.1 Å². The molecule has 1 aliphatic rings. The Kier molecular flexibility index (Phi) is 11.9. The molecular weight excluding hydrogens is 454 g/mol. The number of hydrogen-bond acceptors (Lipinski definition) is 6. The summed E-state index contributed by atoms with van der Waals surface area (Å²) in [6.45, 7) is 9.07. The number of allylic oxidation sites excluding steroid dienone is 3. The van der Waals surface area contributed by atoms with Crippen molar-refractivity contribution in [2.45, 2.75) is 34.1 Å². The summed E-state index contributed by atoms with van der Waals surface area (Å²) in [5.41, 5.74) is 5.34. The lowest BCUT2D eigenvalue weighted by molar-refractivity contribution is -0.384. The maximum atomic E-state index is 11.0. The van der Waals surface area contributed by atoms with E-state index in [0.717, 1.165) is 34.8 Å². The average Bonchev–Trinajstić information content (AvgIpc) is 3.08. The second-order valence-corrected chi connectivity index (χ2v) is 7.54. The van der Waals surface area contributed by atoms with Crippen molar-refractivity contribution in [2.24, 2.45) is 5.90 Å². The van der Waals surface area contributed by atoms with Gasteiger partial charge in [-0.05, 0) is 67.4 Å². The summed E-state index contributed by atoms with van der Waals surface area (Å²) in [6, 6.07) is 22.8. The zero-order valence-electron chi connectivity index (χ0n) is 21.4. The topological polar surface area (TPSA) is 90.9 Å². The molecule has 7 heteroatoms. The van der Waals surface area contributed by atoms with Gasteiger partial charge in [0.1, 0.15) is 5.75 Å². The molecule has 2 N–H and O–H groups in total. The highest BCUT2D eigenvalue weighted by atomic mass is 16.6. The van der Waals surface area contributed by atoms with Gasteiger partial charge in [-0.15, -0.1) is 0 Å². The molecule has 1 aliphatic heterocycles. The summed E-state index contributed by atoms with van der Waals surface area (Å²) >= 11 is 0. The third-order valence-corrected chi connectivity index (χ3v) is 5.19. The van der Waals surface area contributed by atoms with Gasteiger partial charge in [0.15, 0.2) is 0 Å². The van der Waals surface area contributed by atoms with Gasteiger partial charge in [-0.3, -0.25) is 10.1 Å². The fraction of sp³-hybridized carbons (Fsp3) is 0.241. The zero-order valence-corrected chi connectivity index (χ0v) is 21.4. The van der Waals surface area contributed by atoms with Crippen LogP contribution >= 0.6 is 0 Å². The molecule has 0 saturated heterocycles. The molecule has 0 bridgehead atoms. The molecule has 7 nitrogen and oxygen atoms in total. The molecule has 0 amide bonds. The van der Waals surface area contributed by atoms with E-state index in [1.54, 1.807) is 12.1 Å². The van der Waals surface area contributed by atoms with E-state index in [-0.39, 0.29) is 10.6 Å². The molecule has 190 valence electrons. The van der Waals surface area contributed by atoms with E-state index < -0.39 is 0 Å². The van der Waals surface area contributed by atoms with E-state index >= 15 is 0 Å². The number of non-ortho nitro benzene ring substituents is 1. The fourth-order valence-electron chi connectivity index (χ4n) is 3.52. The van der Waals surface area contributed by atoms with Crippen LogP contribution in [0.3, 0.4) is 0 Å². The largest absolute Gasteiger partial charge is 0.493 e. The lowest BCUT2D eigenvalue weighted by Crippen LogP contribution is -2.15. The zero-order chi connectivity index (χ0) is 26.3. The van der Waals surface area contributed by atoms with Crippen LogP contribution in [-0.2, 0) is 11.3 Å². The van der Waals surface area contributed by atoms with Crippen LogP contribution in [-0.4, -0.2) is 18.1 Å². The van der Waals surface area contributed by atoms with Crippen molar-refractivity contribution in [1.82, 2.24) is 0 Å². The van der Waals surface area contributed by atoms with Crippen molar-refractivity contribution in [3.63, 3.8) is 0 Å². The highest BCUT2D eigenvalue weighted by Gasteiger charge is 2.17. The summed E-state index contributed by atoms with van der Waals surface area (Å²) in [7, 11) is 0. The number of benzene rings is 3. The number of nitrogens with zero attached hydrogens (tertiary/aromatic N) is 2. The molecule has 0 fully saturated rings. The van der Waals surface area contributed by atoms with E-state index in [2.05, 4.69) is 39.9 Å². The van der Waals surface area contributed by atoms with Crippen LogP contribution in [0.4, 0.5) is 17.1 Å². The van der Waals surface area contributed by atoms with Crippen molar-refractivity contribution in [3.05, 3.63) is 112 Å². The molecule has 0 atom stereocenters. The van der Waals surface area contributed by atoms with Gasteiger partial charge in [-0.25, -0.2) is 5.90 Å². The maximum Gasteiger partial charge on any atom is 0.269 e. The first kappa shape index (κ1) is 28.3. The third kappa shape index (κ3) is 8.08. The predicted octanol–water partition coefficient (Wildman–Crippen LogP) is 7.21. The van der Waals surface area contributed by atoms with Crippen molar-refractivity contribution in [1.29, 1.82) is 0 Å². The molecule has 36 heavy (non-hydrogen) atoms. The van der Waals surface area contributed by atoms with Gasteiger partial charge >= 0.3 is 0 Å². The van der Waals surface area contributed by atoms with E-state index in [0.29, 0.717) is 13.2 Å². The molecule has 0 saturated carbocycles. The smallest absolute Gasteiger partial charge is 0.269 e. The summed E-state index contributed by atoms with van der Waals surface area (Å²) in [5, 5.41) is 11.0. The van der Waals surface area contributed by atoms with Gasteiger partial charge in [-0.1, -0.05) is 50.3 Å². The van der Waals surface area contributed by atoms with E-state index in [4.69, 9.17) is 4.74 Å². The van der Waals surface area contributed by atoms with Gasteiger partial charge in [0.05, 0.1) is 23.8 Å². The van der Waals surface area contributed by atoms with Crippen molar-refractivity contribution in [2.75, 3.05) is 18.1 Å². The van der Waals surface area contributed by atoms with Gasteiger partial charge in [0, 0.05) is 29.9 Å². The van der Waals surface area contributed by atoms with Gasteiger partial charge in [-0.2, -0.15) is 0 Å². The molecule has 0 spiro atoms. The molecule has 3 aromatic rings. The monoisotopic (exact) mass is 489 g/mol. The molecule has 4 rings (SSSR count). The van der Waals surface area contributed by atoms with E-state index in [1.807, 2.05) is 70.2 Å². The van der Waals surface area contributed by atoms with Crippen LogP contribution in [0.2, 0.25) is 0 Å². The molecular formula is C29H35N3O4. The summed E-state index contributed by atoms with van der Waals surface area (Å²) in [5.74, 6) is 5.40. The average molecular weight is 490 g/mol. The minimum Gasteiger partial charge on any atom is -0.493 e. The number of anilines is 2.